The Morgan fingerprint density at radius 3 is 2.50 bits per heavy atom. The van der Waals surface area contributed by atoms with E-state index in [2.05, 4.69) is 0 Å². The van der Waals surface area contributed by atoms with Crippen LogP contribution in [0.4, 0.5) is 5.69 Å². The fraction of sp³-hybridized carbons (Fsp3) is 0.286. The third kappa shape index (κ3) is 2.86. The summed E-state index contributed by atoms with van der Waals surface area (Å²) >= 11 is 1.33. The molecule has 0 saturated carbocycles. The number of hydrogen-bond acceptors (Lipinski definition) is 5. The maximum absolute atomic E-state index is 13.4. The van der Waals surface area contributed by atoms with Crippen LogP contribution >= 0.6 is 11.8 Å². The average molecular weight is 396 g/mol. The molecule has 0 unspecified atom stereocenters. The fourth-order valence-electron chi connectivity index (χ4n) is 3.59. The lowest BCUT2D eigenvalue weighted by Crippen LogP contribution is -2.49. The second-order valence-electron chi connectivity index (χ2n) is 7.01. The zero-order valence-corrected chi connectivity index (χ0v) is 16.4. The number of carbonyl (C=O) groups excluding carboxylic acids is 3. The number of esters is 1. The minimum absolute atomic E-state index is 0.107. The average Bonchev–Trinajstić information content (AvgIpc) is 3.22. The summed E-state index contributed by atoms with van der Waals surface area (Å²) in [7, 11) is 3.24. The Bertz CT molecular complexity index is 946. The zero-order chi connectivity index (χ0) is 19.9. The van der Waals surface area contributed by atoms with Crippen molar-refractivity contribution in [2.24, 2.45) is 0 Å². The van der Waals surface area contributed by atoms with Gasteiger partial charge in [-0.1, -0.05) is 54.2 Å². The number of anilines is 1. The first-order valence-corrected chi connectivity index (χ1v) is 9.84. The molecule has 0 bridgehead atoms. The molecule has 0 N–H and O–H groups in total. The topological polar surface area (TPSA) is 66.9 Å². The number of amides is 2. The van der Waals surface area contributed by atoms with Crippen LogP contribution in [-0.4, -0.2) is 41.6 Å². The summed E-state index contributed by atoms with van der Waals surface area (Å²) < 4.78 is 5.78. The van der Waals surface area contributed by atoms with Crippen LogP contribution in [0.1, 0.15) is 24.5 Å². The normalized spacial score (nSPS) is 21.1. The van der Waals surface area contributed by atoms with E-state index in [-0.39, 0.29) is 18.2 Å². The number of benzene rings is 2. The van der Waals surface area contributed by atoms with Crippen LogP contribution in [0.2, 0.25) is 0 Å². The number of thioether (sulfide) groups is 1. The predicted octanol–water partition coefficient (Wildman–Crippen LogP) is 2.99. The van der Waals surface area contributed by atoms with Crippen molar-refractivity contribution in [1.29, 1.82) is 0 Å². The van der Waals surface area contributed by atoms with E-state index in [1.54, 1.807) is 38.4 Å². The maximum Gasteiger partial charge on any atom is 0.344 e. The molecule has 28 heavy (non-hydrogen) atoms. The Balaban J connectivity index is 1.68. The van der Waals surface area contributed by atoms with Gasteiger partial charge in [0.1, 0.15) is 0 Å². The number of likely N-dealkylation sites (N-methyl/N-ethyl adjacent to an activating group) is 1. The smallest absolute Gasteiger partial charge is 0.344 e. The van der Waals surface area contributed by atoms with Crippen molar-refractivity contribution in [2.45, 2.75) is 28.7 Å². The molecule has 2 aromatic carbocycles. The molecule has 0 aliphatic carbocycles. The second-order valence-corrected chi connectivity index (χ2v) is 8.33. The van der Waals surface area contributed by atoms with Gasteiger partial charge in [0.15, 0.2) is 4.87 Å². The summed E-state index contributed by atoms with van der Waals surface area (Å²) in [6.45, 7) is 0. The summed E-state index contributed by atoms with van der Waals surface area (Å²) in [5.41, 5.74) is 1.32. The van der Waals surface area contributed by atoms with Crippen molar-refractivity contribution in [3.8, 4) is 0 Å². The van der Waals surface area contributed by atoms with Crippen molar-refractivity contribution in [2.75, 3.05) is 19.0 Å². The first-order chi connectivity index (χ1) is 13.4. The van der Waals surface area contributed by atoms with Gasteiger partial charge in [0.05, 0.1) is 5.69 Å². The Hall–Kier alpha value is -2.80. The standard InChI is InChI=1S/C21H20N2O4S/c1-22(2)19(25)18(14-8-4-3-5-9-14)27-20(26)21-13-12-17(24)23(21)15-10-6-7-11-16(15)28-21/h3-11,18H,12-13H2,1-2H3/t18-,21+/m1/s1. The fourth-order valence-corrected chi connectivity index (χ4v) is 5.00. The highest BCUT2D eigenvalue weighted by Gasteiger charge is 2.59. The number of ether oxygens (including phenoxy) is 1. The van der Waals surface area contributed by atoms with Gasteiger partial charge in [0, 0.05) is 37.4 Å². The van der Waals surface area contributed by atoms with Gasteiger partial charge in [-0.2, -0.15) is 0 Å². The van der Waals surface area contributed by atoms with Gasteiger partial charge in [-0.05, 0) is 12.1 Å². The van der Waals surface area contributed by atoms with Crippen LogP contribution in [0.3, 0.4) is 0 Å². The third-order valence-electron chi connectivity index (χ3n) is 4.98. The Kier molecular flexibility index (Phi) is 4.63. The van der Waals surface area contributed by atoms with Crippen LogP contribution in [0.25, 0.3) is 0 Å². The first kappa shape index (κ1) is 18.6. The molecule has 7 heteroatoms. The van der Waals surface area contributed by atoms with Crippen LogP contribution in [0, 0.1) is 0 Å². The van der Waals surface area contributed by atoms with Gasteiger partial charge in [-0.3, -0.25) is 14.5 Å². The predicted molar refractivity (Wildman–Crippen MR) is 106 cm³/mol. The van der Waals surface area contributed by atoms with E-state index in [0.29, 0.717) is 12.0 Å². The van der Waals surface area contributed by atoms with E-state index in [9.17, 15) is 14.4 Å². The van der Waals surface area contributed by atoms with E-state index in [1.165, 1.54) is 21.6 Å². The molecule has 2 atom stereocenters. The zero-order valence-electron chi connectivity index (χ0n) is 15.6. The molecule has 0 radical (unpaired) electrons. The highest BCUT2D eigenvalue weighted by molar-refractivity contribution is 8.02. The molecule has 2 aliphatic rings. The highest BCUT2D eigenvalue weighted by atomic mass is 32.2. The second kappa shape index (κ2) is 6.98. The third-order valence-corrected chi connectivity index (χ3v) is 6.44. The van der Waals surface area contributed by atoms with Crippen molar-refractivity contribution >= 4 is 35.2 Å². The molecule has 6 nitrogen and oxygen atoms in total. The quantitative estimate of drug-likeness (QED) is 0.744. The molecular weight excluding hydrogens is 376 g/mol. The molecule has 1 saturated heterocycles. The monoisotopic (exact) mass is 396 g/mol. The van der Waals surface area contributed by atoms with Crippen molar-refractivity contribution < 1.29 is 19.1 Å². The lowest BCUT2D eigenvalue weighted by Gasteiger charge is -2.31. The SMILES string of the molecule is CN(C)C(=O)[C@H](OC(=O)[C@@]12CCC(=O)N1c1ccccc1S2)c1ccccc1. The molecule has 2 amide bonds. The van der Waals surface area contributed by atoms with Gasteiger partial charge in [-0.25, -0.2) is 4.79 Å². The number of carbonyl (C=O) groups is 3. The van der Waals surface area contributed by atoms with Gasteiger partial charge in [0.2, 0.25) is 12.0 Å². The summed E-state index contributed by atoms with van der Waals surface area (Å²) in [5, 5.41) is 0. The summed E-state index contributed by atoms with van der Waals surface area (Å²) in [6, 6.07) is 16.4. The van der Waals surface area contributed by atoms with Gasteiger partial charge < -0.3 is 9.64 Å². The van der Waals surface area contributed by atoms with Gasteiger partial charge in [-0.15, -0.1) is 0 Å². The van der Waals surface area contributed by atoms with E-state index in [4.69, 9.17) is 4.74 Å². The summed E-state index contributed by atoms with van der Waals surface area (Å²) in [4.78, 5) is 41.3. The van der Waals surface area contributed by atoms with Crippen molar-refractivity contribution in [3.05, 3.63) is 60.2 Å². The van der Waals surface area contributed by atoms with Crippen molar-refractivity contribution in [3.63, 3.8) is 0 Å². The minimum Gasteiger partial charge on any atom is -0.445 e. The number of rotatable bonds is 4. The number of fused-ring (bicyclic) bond motifs is 3. The largest absolute Gasteiger partial charge is 0.445 e. The van der Waals surface area contributed by atoms with E-state index >= 15 is 0 Å². The molecule has 2 aliphatic heterocycles. The van der Waals surface area contributed by atoms with E-state index in [0.717, 1.165) is 10.6 Å². The van der Waals surface area contributed by atoms with Gasteiger partial charge >= 0.3 is 5.97 Å². The molecule has 0 spiro atoms. The van der Waals surface area contributed by atoms with E-state index in [1.807, 2.05) is 30.3 Å². The summed E-state index contributed by atoms with van der Waals surface area (Å²) in [5.74, 6) is -1.000. The molecule has 1 fully saturated rings. The highest BCUT2D eigenvalue weighted by Crippen LogP contribution is 2.56. The Morgan fingerprint density at radius 2 is 1.79 bits per heavy atom. The number of hydrogen-bond donors (Lipinski definition) is 0. The first-order valence-electron chi connectivity index (χ1n) is 9.02. The molecule has 144 valence electrons. The molecular formula is C21H20N2O4S. The number of para-hydroxylation sites is 1. The van der Waals surface area contributed by atoms with Crippen LogP contribution < -0.4 is 4.90 Å². The maximum atomic E-state index is 13.4. The summed E-state index contributed by atoms with van der Waals surface area (Å²) in [6.07, 6.45) is -0.435. The van der Waals surface area contributed by atoms with Crippen LogP contribution in [0.15, 0.2) is 59.5 Å². The van der Waals surface area contributed by atoms with Gasteiger partial charge in [0.25, 0.3) is 5.91 Å². The molecule has 2 aromatic rings. The molecule has 2 heterocycles. The minimum atomic E-state index is -1.15. The lowest BCUT2D eigenvalue weighted by atomic mass is 10.1. The molecule has 0 aromatic heterocycles. The number of nitrogens with zero attached hydrogens (tertiary/aromatic N) is 2. The Morgan fingerprint density at radius 1 is 1.11 bits per heavy atom. The lowest BCUT2D eigenvalue weighted by molar-refractivity contribution is -0.161. The molecule has 4 rings (SSSR count). The van der Waals surface area contributed by atoms with E-state index < -0.39 is 16.9 Å². The van der Waals surface area contributed by atoms with Crippen molar-refractivity contribution in [1.82, 2.24) is 4.90 Å². The van der Waals surface area contributed by atoms with Crippen LogP contribution in [-0.2, 0) is 19.1 Å². The van der Waals surface area contributed by atoms with Crippen LogP contribution in [0.5, 0.6) is 0 Å². The Labute approximate surface area is 167 Å².